The lowest BCUT2D eigenvalue weighted by Crippen LogP contribution is -2.15. The molecule has 2 aromatic rings. The fourth-order valence-corrected chi connectivity index (χ4v) is 2.72. The average Bonchev–Trinajstić information content (AvgIpc) is 2.49. The van der Waals surface area contributed by atoms with E-state index in [2.05, 4.69) is 28.8 Å². The van der Waals surface area contributed by atoms with Crippen molar-refractivity contribution in [2.24, 2.45) is 0 Å². The summed E-state index contributed by atoms with van der Waals surface area (Å²) in [5, 5.41) is 6.82. The molecule has 0 aromatic heterocycles. The Hall–Kier alpha value is -2.03. The molecule has 20 heavy (non-hydrogen) atoms. The van der Waals surface area contributed by atoms with Crippen LogP contribution >= 0.6 is 0 Å². The summed E-state index contributed by atoms with van der Waals surface area (Å²) in [5.41, 5.74) is 5.40. The quantitative estimate of drug-likeness (QED) is 0.877. The van der Waals surface area contributed by atoms with Gasteiger partial charge in [-0.1, -0.05) is 24.3 Å². The second-order valence-electron chi connectivity index (χ2n) is 5.25. The molecule has 0 unspecified atom stereocenters. The van der Waals surface area contributed by atoms with Gasteiger partial charge in [0.15, 0.2) is 0 Å². The molecule has 3 rings (SSSR count). The van der Waals surface area contributed by atoms with Crippen LogP contribution in [-0.4, -0.2) is 6.54 Å². The van der Waals surface area contributed by atoms with Gasteiger partial charge in [0.25, 0.3) is 0 Å². The number of aryl methyl sites for hydroxylation is 1. The highest BCUT2D eigenvalue weighted by atomic mass is 19.1. The van der Waals surface area contributed by atoms with Crippen LogP contribution in [0.4, 0.5) is 15.8 Å². The molecule has 2 aromatic carbocycles. The van der Waals surface area contributed by atoms with Crippen molar-refractivity contribution in [3.05, 3.63) is 58.9 Å². The number of halogens is 1. The molecule has 0 saturated carbocycles. The highest BCUT2D eigenvalue weighted by Crippen LogP contribution is 2.27. The van der Waals surface area contributed by atoms with Crippen molar-refractivity contribution in [3.8, 4) is 0 Å². The van der Waals surface area contributed by atoms with Crippen LogP contribution in [0, 0.1) is 12.7 Å². The van der Waals surface area contributed by atoms with E-state index in [1.165, 1.54) is 29.3 Å². The number of hydrogen-bond donors (Lipinski definition) is 2. The summed E-state index contributed by atoms with van der Waals surface area (Å²) < 4.78 is 13.5. The SMILES string of the molecule is Cc1c(F)cccc1NCc1cccc2c1NCCC2. The monoisotopic (exact) mass is 270 g/mol. The number of rotatable bonds is 3. The molecule has 2 nitrogen and oxygen atoms in total. The minimum absolute atomic E-state index is 0.164. The Bertz CT molecular complexity index is 622. The molecule has 0 saturated heterocycles. The van der Waals surface area contributed by atoms with Crippen LogP contribution in [0.25, 0.3) is 0 Å². The zero-order valence-corrected chi connectivity index (χ0v) is 11.7. The van der Waals surface area contributed by atoms with E-state index in [9.17, 15) is 4.39 Å². The molecule has 1 heterocycles. The lowest BCUT2D eigenvalue weighted by molar-refractivity contribution is 0.619. The van der Waals surface area contributed by atoms with Crippen molar-refractivity contribution in [2.45, 2.75) is 26.3 Å². The van der Waals surface area contributed by atoms with E-state index in [1.54, 1.807) is 13.0 Å². The molecular formula is C17H19FN2. The van der Waals surface area contributed by atoms with Crippen LogP contribution in [0.2, 0.25) is 0 Å². The van der Waals surface area contributed by atoms with Crippen molar-refractivity contribution in [2.75, 3.05) is 17.2 Å². The number of para-hydroxylation sites is 1. The standard InChI is InChI=1S/C17H19FN2/c1-12-15(18)8-3-9-16(12)20-11-14-6-2-5-13-7-4-10-19-17(13)14/h2-3,5-6,8-9,19-20H,4,7,10-11H2,1H3. The van der Waals surface area contributed by atoms with Crippen LogP contribution in [0.3, 0.4) is 0 Å². The van der Waals surface area contributed by atoms with Crippen LogP contribution in [0.1, 0.15) is 23.1 Å². The van der Waals surface area contributed by atoms with Crippen molar-refractivity contribution >= 4 is 11.4 Å². The van der Waals surface area contributed by atoms with Gasteiger partial charge in [-0.15, -0.1) is 0 Å². The molecule has 3 heteroatoms. The Kier molecular flexibility index (Phi) is 3.59. The van der Waals surface area contributed by atoms with Gasteiger partial charge in [-0.2, -0.15) is 0 Å². The Balaban J connectivity index is 1.80. The van der Waals surface area contributed by atoms with Gasteiger partial charge in [0.2, 0.25) is 0 Å². The van der Waals surface area contributed by atoms with E-state index in [0.29, 0.717) is 12.1 Å². The van der Waals surface area contributed by atoms with Gasteiger partial charge in [0, 0.05) is 30.0 Å². The Labute approximate surface area is 119 Å². The first-order valence-corrected chi connectivity index (χ1v) is 7.09. The van der Waals surface area contributed by atoms with Gasteiger partial charge in [0.05, 0.1) is 0 Å². The zero-order valence-electron chi connectivity index (χ0n) is 11.7. The number of benzene rings is 2. The molecule has 0 amide bonds. The third kappa shape index (κ3) is 2.48. The molecule has 0 spiro atoms. The number of anilines is 2. The molecule has 0 bridgehead atoms. The molecule has 1 aliphatic rings. The van der Waals surface area contributed by atoms with Gasteiger partial charge < -0.3 is 10.6 Å². The predicted molar refractivity (Wildman–Crippen MR) is 81.7 cm³/mol. The molecular weight excluding hydrogens is 251 g/mol. The highest BCUT2D eigenvalue weighted by Gasteiger charge is 2.12. The maximum Gasteiger partial charge on any atom is 0.128 e. The summed E-state index contributed by atoms with van der Waals surface area (Å²) in [4.78, 5) is 0. The first-order valence-electron chi connectivity index (χ1n) is 7.09. The molecule has 0 radical (unpaired) electrons. The summed E-state index contributed by atoms with van der Waals surface area (Å²) in [5.74, 6) is -0.164. The third-order valence-electron chi connectivity index (χ3n) is 3.90. The van der Waals surface area contributed by atoms with E-state index < -0.39 is 0 Å². The second-order valence-corrected chi connectivity index (χ2v) is 5.25. The van der Waals surface area contributed by atoms with Gasteiger partial charge in [-0.3, -0.25) is 0 Å². The van der Waals surface area contributed by atoms with Crippen molar-refractivity contribution < 1.29 is 4.39 Å². The number of nitrogens with one attached hydrogen (secondary N) is 2. The summed E-state index contributed by atoms with van der Waals surface area (Å²) in [6, 6.07) is 11.6. The van der Waals surface area contributed by atoms with Crippen molar-refractivity contribution in [1.29, 1.82) is 0 Å². The molecule has 0 atom stereocenters. The van der Waals surface area contributed by atoms with Crippen LogP contribution in [0.15, 0.2) is 36.4 Å². The minimum Gasteiger partial charge on any atom is -0.385 e. The van der Waals surface area contributed by atoms with E-state index in [1.807, 2.05) is 6.07 Å². The predicted octanol–water partition coefficient (Wildman–Crippen LogP) is 4.10. The smallest absolute Gasteiger partial charge is 0.128 e. The van der Waals surface area contributed by atoms with E-state index in [4.69, 9.17) is 0 Å². The second kappa shape index (κ2) is 5.53. The van der Waals surface area contributed by atoms with Gasteiger partial charge >= 0.3 is 0 Å². The zero-order chi connectivity index (χ0) is 13.9. The van der Waals surface area contributed by atoms with E-state index in [-0.39, 0.29) is 5.82 Å². The Morgan fingerprint density at radius 2 is 2.05 bits per heavy atom. The maximum atomic E-state index is 13.5. The fourth-order valence-electron chi connectivity index (χ4n) is 2.72. The first kappa shape index (κ1) is 13.0. The highest BCUT2D eigenvalue weighted by molar-refractivity contribution is 5.61. The van der Waals surface area contributed by atoms with Crippen LogP contribution in [-0.2, 0) is 13.0 Å². The normalized spacial score (nSPS) is 13.5. The molecule has 0 fully saturated rings. The van der Waals surface area contributed by atoms with Crippen LogP contribution < -0.4 is 10.6 Å². The lowest BCUT2D eigenvalue weighted by atomic mass is 9.99. The average molecular weight is 270 g/mol. The van der Waals surface area contributed by atoms with Crippen molar-refractivity contribution in [3.63, 3.8) is 0 Å². The molecule has 2 N–H and O–H groups in total. The maximum absolute atomic E-state index is 13.5. The summed E-state index contributed by atoms with van der Waals surface area (Å²) in [7, 11) is 0. The largest absolute Gasteiger partial charge is 0.385 e. The molecule has 1 aliphatic heterocycles. The third-order valence-corrected chi connectivity index (χ3v) is 3.90. The van der Waals surface area contributed by atoms with E-state index in [0.717, 1.165) is 18.7 Å². The van der Waals surface area contributed by atoms with E-state index >= 15 is 0 Å². The van der Waals surface area contributed by atoms with Crippen LogP contribution in [0.5, 0.6) is 0 Å². The fraction of sp³-hybridized carbons (Fsp3) is 0.294. The lowest BCUT2D eigenvalue weighted by Gasteiger charge is -2.22. The Morgan fingerprint density at radius 3 is 2.95 bits per heavy atom. The summed E-state index contributed by atoms with van der Waals surface area (Å²) in [6.45, 7) is 3.54. The van der Waals surface area contributed by atoms with Crippen molar-refractivity contribution in [1.82, 2.24) is 0 Å². The first-order chi connectivity index (χ1) is 9.75. The summed E-state index contributed by atoms with van der Waals surface area (Å²) in [6.07, 6.45) is 2.32. The topological polar surface area (TPSA) is 24.1 Å². The van der Waals surface area contributed by atoms with Gasteiger partial charge in [0.1, 0.15) is 5.82 Å². The minimum atomic E-state index is -0.164. The van der Waals surface area contributed by atoms with Gasteiger partial charge in [-0.05, 0) is 43.0 Å². The van der Waals surface area contributed by atoms with Gasteiger partial charge in [-0.25, -0.2) is 4.39 Å². The Morgan fingerprint density at radius 1 is 1.20 bits per heavy atom. The summed E-state index contributed by atoms with van der Waals surface area (Å²) >= 11 is 0. The molecule has 104 valence electrons. The number of fused-ring (bicyclic) bond motifs is 1. The molecule has 0 aliphatic carbocycles. The number of hydrogen-bond acceptors (Lipinski definition) is 2.